The van der Waals surface area contributed by atoms with E-state index in [4.69, 9.17) is 17.3 Å². The summed E-state index contributed by atoms with van der Waals surface area (Å²) < 4.78 is 2.21. The van der Waals surface area contributed by atoms with Crippen molar-refractivity contribution in [2.75, 3.05) is 5.32 Å². The molecule has 21 heavy (non-hydrogen) atoms. The molecule has 0 aliphatic carbocycles. The van der Waals surface area contributed by atoms with Gasteiger partial charge in [-0.25, -0.2) is 0 Å². The van der Waals surface area contributed by atoms with Gasteiger partial charge in [0, 0.05) is 25.3 Å². The van der Waals surface area contributed by atoms with Crippen LogP contribution in [0.3, 0.4) is 0 Å². The minimum atomic E-state index is -0.763. The van der Waals surface area contributed by atoms with Crippen molar-refractivity contribution in [3.63, 3.8) is 0 Å². The van der Waals surface area contributed by atoms with E-state index in [-0.39, 0.29) is 0 Å². The van der Waals surface area contributed by atoms with E-state index in [0.717, 1.165) is 8.95 Å². The molecule has 2 aromatic rings. The molecule has 0 bridgehead atoms. The number of rotatable bonds is 4. The van der Waals surface area contributed by atoms with E-state index in [1.807, 2.05) is 0 Å². The Morgan fingerprint density at radius 3 is 2.52 bits per heavy atom. The number of carbonyl (C=O) groups excluding carboxylic acids is 1. The molecular weight excluding hydrogens is 489 g/mol. The second-order valence-electron chi connectivity index (χ2n) is 4.13. The van der Waals surface area contributed by atoms with Crippen molar-refractivity contribution in [3.05, 3.63) is 54.6 Å². The Morgan fingerprint density at radius 1 is 1.24 bits per heavy atom. The lowest BCUT2D eigenvalue weighted by molar-refractivity contribution is -0.118. The summed E-state index contributed by atoms with van der Waals surface area (Å²) in [5, 5.41) is 3.63. The van der Waals surface area contributed by atoms with Gasteiger partial charge < -0.3 is 11.1 Å². The number of halogens is 4. The van der Waals surface area contributed by atoms with Crippen molar-refractivity contribution < 1.29 is 4.79 Å². The Hall–Kier alpha value is -0.630. The molecule has 8 heteroatoms. The minimum Gasteiger partial charge on any atom is -0.369 e. The summed E-state index contributed by atoms with van der Waals surface area (Å²) in [7, 11) is 0. The van der Waals surface area contributed by atoms with Crippen molar-refractivity contribution in [1.82, 2.24) is 4.98 Å². The highest BCUT2D eigenvalue weighted by atomic mass is 79.9. The third-order valence-corrected chi connectivity index (χ3v) is 4.91. The second kappa shape index (κ2) is 7.09. The maximum atomic E-state index is 11.7. The van der Waals surface area contributed by atoms with Crippen molar-refractivity contribution >= 4 is 71.0 Å². The molecule has 0 fully saturated rings. The quantitative estimate of drug-likeness (QED) is 0.645. The fourth-order valence-corrected chi connectivity index (χ4v) is 3.38. The first-order valence-corrected chi connectivity index (χ1v) is 8.46. The molecule has 2 rings (SSSR count). The lowest BCUT2D eigenvalue weighted by atomic mass is 10.1. The number of nitrogens with two attached hydrogens (primary N) is 1. The van der Waals surface area contributed by atoms with Crippen molar-refractivity contribution in [1.29, 1.82) is 0 Å². The van der Waals surface area contributed by atoms with Crippen LogP contribution in [0.1, 0.15) is 11.7 Å². The van der Waals surface area contributed by atoms with Crippen molar-refractivity contribution in [2.45, 2.75) is 6.04 Å². The van der Waals surface area contributed by atoms with Gasteiger partial charge in [-0.1, -0.05) is 11.6 Å². The van der Waals surface area contributed by atoms with Gasteiger partial charge in [0.1, 0.15) is 6.04 Å². The summed E-state index contributed by atoms with van der Waals surface area (Å²) >= 11 is 16.0. The third-order valence-electron chi connectivity index (χ3n) is 2.62. The number of anilines is 1. The van der Waals surface area contributed by atoms with E-state index >= 15 is 0 Å². The molecule has 110 valence electrons. The van der Waals surface area contributed by atoms with Crippen LogP contribution in [0, 0.1) is 0 Å². The molecule has 1 heterocycles. The molecular formula is C13H9Br3ClN3O. The van der Waals surface area contributed by atoms with Crippen LogP contribution in [-0.4, -0.2) is 10.9 Å². The Labute approximate surface area is 151 Å². The average molecular weight is 498 g/mol. The van der Waals surface area contributed by atoms with Crippen LogP contribution in [0.5, 0.6) is 0 Å². The molecule has 0 aliphatic heterocycles. The summed E-state index contributed by atoms with van der Waals surface area (Å²) in [6, 6.07) is 6.29. The molecule has 0 aliphatic rings. The maximum Gasteiger partial charge on any atom is 0.246 e. The molecule has 4 nitrogen and oxygen atoms in total. The summed E-state index contributed by atoms with van der Waals surface area (Å²) in [5.41, 5.74) is 6.69. The summed E-state index contributed by atoms with van der Waals surface area (Å²) in [6.07, 6.45) is 1.61. The topological polar surface area (TPSA) is 68.0 Å². The zero-order valence-corrected chi connectivity index (χ0v) is 15.9. The first-order chi connectivity index (χ1) is 9.88. The van der Waals surface area contributed by atoms with E-state index in [1.54, 1.807) is 30.5 Å². The van der Waals surface area contributed by atoms with Crippen LogP contribution in [0.2, 0.25) is 5.02 Å². The Bertz CT molecular complexity index is 696. The average Bonchev–Trinajstić information content (AvgIpc) is 2.40. The molecule has 3 N–H and O–H groups in total. The SMILES string of the molecule is NC(=O)C(Nc1ccc(Cl)c(Br)c1)c1ncc(Br)cc1Br. The lowest BCUT2D eigenvalue weighted by Gasteiger charge is -2.18. The third kappa shape index (κ3) is 4.18. The fourth-order valence-electron chi connectivity index (χ4n) is 1.66. The zero-order valence-electron chi connectivity index (χ0n) is 10.4. The van der Waals surface area contributed by atoms with Crippen LogP contribution < -0.4 is 11.1 Å². The highest BCUT2D eigenvalue weighted by molar-refractivity contribution is 9.11. The van der Waals surface area contributed by atoms with Gasteiger partial charge >= 0.3 is 0 Å². The first kappa shape index (κ1) is 16.7. The van der Waals surface area contributed by atoms with Gasteiger partial charge in [0.2, 0.25) is 5.91 Å². The molecule has 1 unspecified atom stereocenters. The number of amides is 1. The summed E-state index contributed by atoms with van der Waals surface area (Å²) in [5.74, 6) is -0.531. The number of hydrogen-bond donors (Lipinski definition) is 2. The number of benzene rings is 1. The Balaban J connectivity index is 2.35. The van der Waals surface area contributed by atoms with Crippen LogP contribution in [0.4, 0.5) is 5.69 Å². The standard InChI is InChI=1S/C13H9Br3ClN3O/c14-6-3-9(16)11(19-5-6)12(13(18)21)20-7-1-2-10(17)8(15)4-7/h1-5,12,20H,(H2,18,21). The number of pyridine rings is 1. The van der Waals surface area contributed by atoms with Crippen LogP contribution in [0.25, 0.3) is 0 Å². The van der Waals surface area contributed by atoms with Gasteiger partial charge in [0.15, 0.2) is 0 Å². The van der Waals surface area contributed by atoms with E-state index in [0.29, 0.717) is 20.9 Å². The maximum absolute atomic E-state index is 11.7. The van der Waals surface area contributed by atoms with E-state index < -0.39 is 11.9 Å². The monoisotopic (exact) mass is 495 g/mol. The van der Waals surface area contributed by atoms with Gasteiger partial charge in [0.05, 0.1) is 10.7 Å². The normalized spacial score (nSPS) is 12.0. The second-order valence-corrected chi connectivity index (χ2v) is 7.16. The molecule has 1 atom stereocenters. The van der Waals surface area contributed by atoms with Gasteiger partial charge in [0.25, 0.3) is 0 Å². The van der Waals surface area contributed by atoms with E-state index in [1.165, 1.54) is 0 Å². The van der Waals surface area contributed by atoms with Crippen molar-refractivity contribution in [3.8, 4) is 0 Å². The Kier molecular flexibility index (Phi) is 5.65. The van der Waals surface area contributed by atoms with E-state index in [2.05, 4.69) is 58.1 Å². The number of aromatic nitrogens is 1. The molecule has 0 radical (unpaired) electrons. The van der Waals surface area contributed by atoms with Gasteiger partial charge in [-0.15, -0.1) is 0 Å². The highest BCUT2D eigenvalue weighted by Crippen LogP contribution is 2.30. The van der Waals surface area contributed by atoms with Crippen molar-refractivity contribution in [2.24, 2.45) is 5.73 Å². The number of carbonyl (C=O) groups is 1. The van der Waals surface area contributed by atoms with Crippen LogP contribution in [0.15, 0.2) is 43.9 Å². The number of primary amides is 1. The molecule has 1 aromatic carbocycles. The minimum absolute atomic E-state index is 0.511. The smallest absolute Gasteiger partial charge is 0.246 e. The van der Waals surface area contributed by atoms with Gasteiger partial charge in [-0.05, 0) is 72.1 Å². The largest absolute Gasteiger partial charge is 0.369 e. The predicted molar refractivity (Wildman–Crippen MR) is 94.3 cm³/mol. The van der Waals surface area contributed by atoms with Gasteiger partial charge in [-0.3, -0.25) is 9.78 Å². The summed E-state index contributed by atoms with van der Waals surface area (Å²) in [4.78, 5) is 16.0. The zero-order chi connectivity index (χ0) is 15.6. The summed E-state index contributed by atoms with van der Waals surface area (Å²) in [6.45, 7) is 0. The molecule has 0 saturated carbocycles. The number of nitrogens with zero attached hydrogens (tertiary/aromatic N) is 1. The van der Waals surface area contributed by atoms with E-state index in [9.17, 15) is 4.79 Å². The molecule has 0 saturated heterocycles. The fraction of sp³-hybridized carbons (Fsp3) is 0.0769. The van der Waals surface area contributed by atoms with Crippen LogP contribution >= 0.6 is 59.4 Å². The molecule has 0 spiro atoms. The Morgan fingerprint density at radius 2 is 1.95 bits per heavy atom. The predicted octanol–water partition coefficient (Wildman–Crippen LogP) is 4.66. The molecule has 1 aromatic heterocycles. The lowest BCUT2D eigenvalue weighted by Crippen LogP contribution is -2.28. The first-order valence-electron chi connectivity index (χ1n) is 5.70. The number of nitrogens with one attached hydrogen (secondary N) is 1. The van der Waals surface area contributed by atoms with Gasteiger partial charge in [-0.2, -0.15) is 0 Å². The highest BCUT2D eigenvalue weighted by Gasteiger charge is 2.22. The molecule has 1 amide bonds. The number of hydrogen-bond acceptors (Lipinski definition) is 3. The van der Waals surface area contributed by atoms with Crippen LogP contribution in [-0.2, 0) is 4.79 Å².